The maximum absolute atomic E-state index is 9.95. The van der Waals surface area contributed by atoms with Crippen molar-refractivity contribution in [3.8, 4) is 11.5 Å². The van der Waals surface area contributed by atoms with Gasteiger partial charge in [0.05, 0.1) is 25.4 Å². The average molecular weight is 279 g/mol. The van der Waals surface area contributed by atoms with E-state index in [2.05, 4.69) is 17.9 Å². The molecule has 2 heterocycles. The molecule has 0 aliphatic carbocycles. The van der Waals surface area contributed by atoms with E-state index in [-0.39, 0.29) is 6.04 Å². The molecular formula is C15H21NO4. The van der Waals surface area contributed by atoms with E-state index in [1.54, 1.807) is 0 Å². The first-order chi connectivity index (χ1) is 9.78. The molecule has 1 N–H and O–H groups in total. The van der Waals surface area contributed by atoms with Gasteiger partial charge in [-0.2, -0.15) is 0 Å². The largest absolute Gasteiger partial charge is 0.486 e. The molecule has 0 spiro atoms. The second-order valence-electron chi connectivity index (χ2n) is 5.21. The molecule has 2 aliphatic rings. The van der Waals surface area contributed by atoms with E-state index in [0.717, 1.165) is 30.2 Å². The molecular weight excluding hydrogens is 258 g/mol. The Morgan fingerprint density at radius 2 is 2.00 bits per heavy atom. The molecule has 5 nitrogen and oxygen atoms in total. The van der Waals surface area contributed by atoms with Crippen molar-refractivity contribution < 1.29 is 19.3 Å². The average Bonchev–Trinajstić information content (AvgIpc) is 2.91. The van der Waals surface area contributed by atoms with Crippen molar-refractivity contribution in [1.82, 2.24) is 4.90 Å². The molecule has 3 rings (SSSR count). The summed E-state index contributed by atoms with van der Waals surface area (Å²) in [5.74, 6) is 1.63. The summed E-state index contributed by atoms with van der Waals surface area (Å²) in [6.45, 7) is 5.99. The number of nitrogens with zero attached hydrogens (tertiary/aromatic N) is 1. The predicted molar refractivity (Wildman–Crippen MR) is 74.1 cm³/mol. The van der Waals surface area contributed by atoms with E-state index < -0.39 is 6.10 Å². The first-order valence-corrected chi connectivity index (χ1v) is 7.16. The number of aliphatic hydroxyl groups excluding tert-OH is 1. The zero-order chi connectivity index (χ0) is 13.9. The van der Waals surface area contributed by atoms with E-state index >= 15 is 0 Å². The lowest BCUT2D eigenvalue weighted by Gasteiger charge is -2.29. The molecule has 1 aromatic rings. The fourth-order valence-electron chi connectivity index (χ4n) is 2.76. The van der Waals surface area contributed by atoms with Gasteiger partial charge in [0.15, 0.2) is 11.5 Å². The Labute approximate surface area is 119 Å². The number of benzene rings is 1. The fourth-order valence-corrected chi connectivity index (χ4v) is 2.76. The lowest BCUT2D eigenvalue weighted by molar-refractivity contribution is 0.0807. The molecule has 0 aromatic heterocycles. The Hall–Kier alpha value is -1.30. The Balaban J connectivity index is 1.72. The van der Waals surface area contributed by atoms with E-state index in [0.29, 0.717) is 26.4 Å². The van der Waals surface area contributed by atoms with Crippen molar-refractivity contribution >= 4 is 0 Å². The minimum atomic E-state index is -0.396. The van der Waals surface area contributed by atoms with Crippen LogP contribution in [0, 0.1) is 0 Å². The van der Waals surface area contributed by atoms with Crippen LogP contribution in [0.3, 0.4) is 0 Å². The maximum Gasteiger partial charge on any atom is 0.161 e. The SMILES string of the molecule is CCN(Cc1ccc2c(c1)OCCO2)[C@@H]1COC[C@H]1O. The molecule has 0 bridgehead atoms. The summed E-state index contributed by atoms with van der Waals surface area (Å²) in [5, 5.41) is 9.95. The van der Waals surface area contributed by atoms with Crippen molar-refractivity contribution in [2.75, 3.05) is 33.0 Å². The van der Waals surface area contributed by atoms with Crippen molar-refractivity contribution in [3.05, 3.63) is 23.8 Å². The number of rotatable bonds is 4. The molecule has 2 atom stereocenters. The lowest BCUT2D eigenvalue weighted by atomic mass is 10.1. The Bertz CT molecular complexity index is 465. The third kappa shape index (κ3) is 2.75. The quantitative estimate of drug-likeness (QED) is 0.892. The van der Waals surface area contributed by atoms with Crippen LogP contribution in [0.2, 0.25) is 0 Å². The number of aliphatic hydroxyl groups is 1. The Kier molecular flexibility index (Phi) is 4.10. The standard InChI is InChI=1S/C15H21NO4/c1-2-16(12-9-18-10-13(12)17)8-11-3-4-14-15(7-11)20-6-5-19-14/h3-4,7,12-13,17H,2,5-6,8-10H2,1H3/t12-,13-/m1/s1. The Morgan fingerprint density at radius 3 is 2.70 bits per heavy atom. The maximum atomic E-state index is 9.95. The molecule has 2 aliphatic heterocycles. The highest BCUT2D eigenvalue weighted by molar-refractivity contribution is 5.43. The van der Waals surface area contributed by atoms with Gasteiger partial charge in [0.1, 0.15) is 13.2 Å². The zero-order valence-electron chi connectivity index (χ0n) is 11.7. The zero-order valence-corrected chi connectivity index (χ0v) is 11.7. The fraction of sp³-hybridized carbons (Fsp3) is 0.600. The molecule has 110 valence electrons. The van der Waals surface area contributed by atoms with Gasteiger partial charge in [-0.1, -0.05) is 13.0 Å². The van der Waals surface area contributed by atoms with Gasteiger partial charge in [0, 0.05) is 6.54 Å². The molecule has 0 radical (unpaired) electrons. The third-order valence-electron chi connectivity index (χ3n) is 3.89. The monoisotopic (exact) mass is 279 g/mol. The molecule has 0 amide bonds. The molecule has 1 aromatic carbocycles. The summed E-state index contributed by atoms with van der Waals surface area (Å²) >= 11 is 0. The van der Waals surface area contributed by atoms with E-state index in [9.17, 15) is 5.11 Å². The summed E-state index contributed by atoms with van der Waals surface area (Å²) in [6.07, 6.45) is -0.396. The van der Waals surface area contributed by atoms with E-state index in [4.69, 9.17) is 14.2 Å². The molecule has 0 saturated carbocycles. The highest BCUT2D eigenvalue weighted by Gasteiger charge is 2.31. The molecule has 20 heavy (non-hydrogen) atoms. The lowest BCUT2D eigenvalue weighted by Crippen LogP contribution is -2.42. The van der Waals surface area contributed by atoms with Gasteiger partial charge in [-0.25, -0.2) is 0 Å². The number of fused-ring (bicyclic) bond motifs is 1. The highest BCUT2D eigenvalue weighted by Crippen LogP contribution is 2.31. The molecule has 1 saturated heterocycles. The smallest absolute Gasteiger partial charge is 0.161 e. The Morgan fingerprint density at radius 1 is 1.20 bits per heavy atom. The van der Waals surface area contributed by atoms with Crippen molar-refractivity contribution in [1.29, 1.82) is 0 Å². The summed E-state index contributed by atoms with van der Waals surface area (Å²) in [6, 6.07) is 6.12. The number of hydrogen-bond donors (Lipinski definition) is 1. The van der Waals surface area contributed by atoms with Crippen LogP contribution in [0.5, 0.6) is 11.5 Å². The topological polar surface area (TPSA) is 51.2 Å². The van der Waals surface area contributed by atoms with E-state index in [1.807, 2.05) is 12.1 Å². The summed E-state index contributed by atoms with van der Waals surface area (Å²) in [7, 11) is 0. The van der Waals surface area contributed by atoms with Gasteiger partial charge < -0.3 is 19.3 Å². The number of ether oxygens (including phenoxy) is 3. The third-order valence-corrected chi connectivity index (χ3v) is 3.89. The molecule has 0 unspecified atom stereocenters. The van der Waals surface area contributed by atoms with Crippen molar-refractivity contribution in [3.63, 3.8) is 0 Å². The van der Waals surface area contributed by atoms with Crippen molar-refractivity contribution in [2.45, 2.75) is 25.6 Å². The van der Waals surface area contributed by atoms with Gasteiger partial charge in [-0.05, 0) is 24.2 Å². The number of likely N-dealkylation sites (N-methyl/N-ethyl adjacent to an activating group) is 1. The van der Waals surface area contributed by atoms with Crippen LogP contribution in [0.15, 0.2) is 18.2 Å². The van der Waals surface area contributed by atoms with Crippen LogP contribution in [-0.2, 0) is 11.3 Å². The second kappa shape index (κ2) is 5.99. The van der Waals surface area contributed by atoms with Gasteiger partial charge >= 0.3 is 0 Å². The first kappa shape index (κ1) is 13.7. The van der Waals surface area contributed by atoms with Crippen molar-refractivity contribution in [2.24, 2.45) is 0 Å². The van der Waals surface area contributed by atoms with Gasteiger partial charge in [-0.15, -0.1) is 0 Å². The van der Waals surface area contributed by atoms with Crippen LogP contribution in [-0.4, -0.2) is 55.1 Å². The molecule has 5 heteroatoms. The number of hydrogen-bond acceptors (Lipinski definition) is 5. The van der Waals surface area contributed by atoms with Crippen LogP contribution in [0.4, 0.5) is 0 Å². The van der Waals surface area contributed by atoms with Crippen LogP contribution >= 0.6 is 0 Å². The van der Waals surface area contributed by atoms with Crippen LogP contribution in [0.25, 0.3) is 0 Å². The predicted octanol–water partition coefficient (Wildman–Crippen LogP) is 1.04. The summed E-state index contributed by atoms with van der Waals surface area (Å²) in [5.41, 5.74) is 1.16. The minimum absolute atomic E-state index is 0.0770. The van der Waals surface area contributed by atoms with Gasteiger partial charge in [-0.3, -0.25) is 4.90 Å². The normalized spacial score (nSPS) is 25.1. The van der Waals surface area contributed by atoms with Crippen LogP contribution < -0.4 is 9.47 Å². The summed E-state index contributed by atoms with van der Waals surface area (Å²) in [4.78, 5) is 2.24. The van der Waals surface area contributed by atoms with Gasteiger partial charge in [0.25, 0.3) is 0 Å². The summed E-state index contributed by atoms with van der Waals surface area (Å²) < 4.78 is 16.5. The van der Waals surface area contributed by atoms with E-state index in [1.165, 1.54) is 0 Å². The molecule has 1 fully saturated rings. The second-order valence-corrected chi connectivity index (χ2v) is 5.21. The first-order valence-electron chi connectivity index (χ1n) is 7.16. The van der Waals surface area contributed by atoms with Crippen LogP contribution in [0.1, 0.15) is 12.5 Å². The minimum Gasteiger partial charge on any atom is -0.486 e. The van der Waals surface area contributed by atoms with Gasteiger partial charge in [0.2, 0.25) is 0 Å². The highest BCUT2D eigenvalue weighted by atomic mass is 16.6.